The molecule has 1 heterocycles. The van der Waals surface area contributed by atoms with Crippen LogP contribution >= 0.6 is 11.6 Å². The van der Waals surface area contributed by atoms with Gasteiger partial charge in [-0.15, -0.1) is 10.2 Å². The predicted octanol–water partition coefficient (Wildman–Crippen LogP) is 4.18. The van der Waals surface area contributed by atoms with Crippen LogP contribution in [0.5, 0.6) is 0 Å². The van der Waals surface area contributed by atoms with Crippen molar-refractivity contribution in [3.05, 3.63) is 82.6 Å². The Morgan fingerprint density at radius 1 is 0.923 bits per heavy atom. The summed E-state index contributed by atoms with van der Waals surface area (Å²) in [6, 6.07) is 16.3. The molecule has 0 spiro atoms. The first-order valence-corrected chi connectivity index (χ1v) is 8.37. The highest BCUT2D eigenvalue weighted by atomic mass is 35.5. The van der Waals surface area contributed by atoms with Gasteiger partial charge in [-0.1, -0.05) is 23.7 Å². The highest BCUT2D eigenvalue weighted by molar-refractivity contribution is 6.30. The maximum atomic E-state index is 12.9. The van der Waals surface area contributed by atoms with Crippen LogP contribution in [0.2, 0.25) is 5.02 Å². The summed E-state index contributed by atoms with van der Waals surface area (Å²) in [4.78, 5) is 12.0. The third-order valence-electron chi connectivity index (χ3n) is 3.65. The molecule has 7 heteroatoms. The summed E-state index contributed by atoms with van der Waals surface area (Å²) in [7, 11) is 0. The van der Waals surface area contributed by atoms with E-state index in [0.29, 0.717) is 28.8 Å². The van der Waals surface area contributed by atoms with Crippen LogP contribution in [-0.4, -0.2) is 22.6 Å². The summed E-state index contributed by atoms with van der Waals surface area (Å²) >= 11 is 5.86. The Morgan fingerprint density at radius 3 is 2.23 bits per heavy atom. The smallest absolute Gasteiger partial charge is 0.256 e. The van der Waals surface area contributed by atoms with Gasteiger partial charge in [0.25, 0.3) is 5.91 Å². The number of carbonyl (C=O) groups is 1. The standard InChI is InChI=1S/C19H16ClFN4O/c20-15-5-1-13(2-6-15)11-12-22-17-9-10-18(25-24-17)23-19(26)14-3-7-16(21)8-4-14/h1-10H,11-12H2,(H,22,24)(H,23,25,26). The van der Waals surface area contributed by atoms with Gasteiger partial charge in [0.15, 0.2) is 5.82 Å². The first-order chi connectivity index (χ1) is 12.6. The maximum absolute atomic E-state index is 12.9. The quantitative estimate of drug-likeness (QED) is 0.683. The number of amides is 1. The highest BCUT2D eigenvalue weighted by Crippen LogP contribution is 2.11. The lowest BCUT2D eigenvalue weighted by Crippen LogP contribution is -2.14. The van der Waals surface area contributed by atoms with Crippen LogP contribution in [0, 0.1) is 5.82 Å². The number of rotatable bonds is 6. The number of benzene rings is 2. The van der Waals surface area contributed by atoms with E-state index in [-0.39, 0.29) is 5.91 Å². The lowest BCUT2D eigenvalue weighted by molar-refractivity contribution is 0.102. The Balaban J connectivity index is 1.50. The van der Waals surface area contributed by atoms with Crippen LogP contribution in [0.1, 0.15) is 15.9 Å². The third kappa shape index (κ3) is 5.00. The molecule has 0 saturated heterocycles. The van der Waals surface area contributed by atoms with E-state index < -0.39 is 5.82 Å². The molecule has 3 rings (SSSR count). The van der Waals surface area contributed by atoms with Gasteiger partial charge in [-0.3, -0.25) is 4.79 Å². The van der Waals surface area contributed by atoms with E-state index in [1.165, 1.54) is 24.3 Å². The fourth-order valence-corrected chi connectivity index (χ4v) is 2.39. The average molecular weight is 371 g/mol. The Bertz CT molecular complexity index is 868. The van der Waals surface area contributed by atoms with Crippen molar-refractivity contribution in [3.63, 3.8) is 0 Å². The molecule has 0 aliphatic carbocycles. The molecule has 2 aromatic carbocycles. The van der Waals surface area contributed by atoms with Crippen molar-refractivity contribution >= 4 is 29.1 Å². The average Bonchev–Trinajstić information content (AvgIpc) is 2.65. The van der Waals surface area contributed by atoms with E-state index in [0.717, 1.165) is 12.0 Å². The second kappa shape index (κ2) is 8.40. The largest absolute Gasteiger partial charge is 0.368 e. The van der Waals surface area contributed by atoms with E-state index in [1.54, 1.807) is 12.1 Å². The van der Waals surface area contributed by atoms with Crippen molar-refractivity contribution in [1.29, 1.82) is 0 Å². The molecule has 0 aliphatic heterocycles. The Labute approximate surface area is 155 Å². The molecule has 0 radical (unpaired) electrons. The first kappa shape index (κ1) is 17.8. The zero-order valence-corrected chi connectivity index (χ0v) is 14.5. The van der Waals surface area contributed by atoms with Gasteiger partial charge in [0.05, 0.1) is 0 Å². The summed E-state index contributed by atoms with van der Waals surface area (Å²) in [5.41, 5.74) is 1.51. The summed E-state index contributed by atoms with van der Waals surface area (Å²) < 4.78 is 12.9. The topological polar surface area (TPSA) is 66.9 Å². The molecule has 1 amide bonds. The normalized spacial score (nSPS) is 10.4. The molecular weight excluding hydrogens is 355 g/mol. The Kier molecular flexibility index (Phi) is 5.76. The van der Waals surface area contributed by atoms with Gasteiger partial charge in [0.1, 0.15) is 11.6 Å². The molecule has 5 nitrogen and oxygen atoms in total. The van der Waals surface area contributed by atoms with E-state index in [4.69, 9.17) is 11.6 Å². The second-order valence-electron chi connectivity index (χ2n) is 5.57. The van der Waals surface area contributed by atoms with Crippen molar-refractivity contribution in [2.24, 2.45) is 0 Å². The molecule has 0 unspecified atom stereocenters. The summed E-state index contributed by atoms with van der Waals surface area (Å²) in [6.07, 6.45) is 0.821. The zero-order chi connectivity index (χ0) is 18.4. The van der Waals surface area contributed by atoms with Crippen LogP contribution in [0.15, 0.2) is 60.7 Å². The number of halogens is 2. The minimum Gasteiger partial charge on any atom is -0.368 e. The van der Waals surface area contributed by atoms with Gasteiger partial charge < -0.3 is 10.6 Å². The summed E-state index contributed by atoms with van der Waals surface area (Å²) in [6.45, 7) is 0.692. The molecule has 0 bridgehead atoms. The van der Waals surface area contributed by atoms with Gasteiger partial charge in [0.2, 0.25) is 0 Å². The molecule has 0 aliphatic rings. The SMILES string of the molecule is O=C(Nc1ccc(NCCc2ccc(Cl)cc2)nn1)c1ccc(F)cc1. The maximum Gasteiger partial charge on any atom is 0.256 e. The lowest BCUT2D eigenvalue weighted by atomic mass is 10.1. The molecule has 3 aromatic rings. The number of hydrogen-bond acceptors (Lipinski definition) is 4. The highest BCUT2D eigenvalue weighted by Gasteiger charge is 2.07. The third-order valence-corrected chi connectivity index (χ3v) is 3.90. The van der Waals surface area contributed by atoms with Gasteiger partial charge in [-0.2, -0.15) is 0 Å². The Hall–Kier alpha value is -2.99. The van der Waals surface area contributed by atoms with E-state index in [9.17, 15) is 9.18 Å². The molecule has 0 saturated carbocycles. The van der Waals surface area contributed by atoms with Crippen LogP contribution in [-0.2, 0) is 6.42 Å². The Morgan fingerprint density at radius 2 is 1.58 bits per heavy atom. The molecule has 132 valence electrons. The van der Waals surface area contributed by atoms with Gasteiger partial charge in [-0.05, 0) is 60.5 Å². The van der Waals surface area contributed by atoms with Gasteiger partial charge in [-0.25, -0.2) is 4.39 Å². The molecule has 2 N–H and O–H groups in total. The number of anilines is 2. The predicted molar refractivity (Wildman–Crippen MR) is 100 cm³/mol. The fraction of sp³-hybridized carbons (Fsp3) is 0.105. The number of nitrogens with zero attached hydrogens (tertiary/aromatic N) is 2. The van der Waals surface area contributed by atoms with Crippen LogP contribution in [0.4, 0.5) is 16.0 Å². The van der Waals surface area contributed by atoms with E-state index >= 15 is 0 Å². The van der Waals surface area contributed by atoms with Crippen molar-refractivity contribution in [3.8, 4) is 0 Å². The number of aromatic nitrogens is 2. The number of nitrogens with one attached hydrogen (secondary N) is 2. The molecule has 26 heavy (non-hydrogen) atoms. The monoisotopic (exact) mass is 370 g/mol. The number of carbonyl (C=O) groups excluding carboxylic acids is 1. The van der Waals surface area contributed by atoms with Crippen LogP contribution in [0.3, 0.4) is 0 Å². The van der Waals surface area contributed by atoms with Crippen molar-refractivity contribution in [2.75, 3.05) is 17.2 Å². The van der Waals surface area contributed by atoms with Crippen molar-refractivity contribution < 1.29 is 9.18 Å². The summed E-state index contributed by atoms with van der Waals surface area (Å²) in [5.74, 6) is 0.166. The minimum absolute atomic E-state index is 0.322. The molecule has 0 atom stereocenters. The lowest BCUT2D eigenvalue weighted by Gasteiger charge is -2.07. The van der Waals surface area contributed by atoms with Crippen LogP contribution < -0.4 is 10.6 Å². The number of hydrogen-bond donors (Lipinski definition) is 2. The van der Waals surface area contributed by atoms with Crippen molar-refractivity contribution in [1.82, 2.24) is 10.2 Å². The fourth-order valence-electron chi connectivity index (χ4n) is 2.27. The minimum atomic E-state index is -0.393. The second-order valence-corrected chi connectivity index (χ2v) is 6.00. The zero-order valence-electron chi connectivity index (χ0n) is 13.7. The molecular formula is C19H16ClFN4O. The van der Waals surface area contributed by atoms with Crippen molar-refractivity contribution in [2.45, 2.75) is 6.42 Å². The first-order valence-electron chi connectivity index (χ1n) is 7.99. The van der Waals surface area contributed by atoms with E-state index in [2.05, 4.69) is 20.8 Å². The van der Waals surface area contributed by atoms with Gasteiger partial charge >= 0.3 is 0 Å². The molecule has 1 aromatic heterocycles. The molecule has 0 fully saturated rings. The van der Waals surface area contributed by atoms with Gasteiger partial charge in [0, 0.05) is 17.1 Å². The van der Waals surface area contributed by atoms with E-state index in [1.807, 2.05) is 24.3 Å². The summed E-state index contributed by atoms with van der Waals surface area (Å²) in [5, 5.41) is 14.5. The van der Waals surface area contributed by atoms with Crippen LogP contribution in [0.25, 0.3) is 0 Å².